The van der Waals surface area contributed by atoms with Crippen LogP contribution in [0.1, 0.15) is 25.3 Å². The molecule has 1 saturated heterocycles. The zero-order valence-electron chi connectivity index (χ0n) is 14.9. The minimum absolute atomic E-state index is 0.0894. The highest BCUT2D eigenvalue weighted by atomic mass is 16.5. The van der Waals surface area contributed by atoms with E-state index in [1.54, 1.807) is 28.2 Å². The summed E-state index contributed by atoms with van der Waals surface area (Å²) in [4.78, 5) is 14.3. The summed E-state index contributed by atoms with van der Waals surface area (Å²) in [6, 6.07) is 5.46. The van der Waals surface area contributed by atoms with Crippen molar-refractivity contribution in [1.82, 2.24) is 4.90 Å². The molecule has 0 aliphatic carbocycles. The third-order valence-corrected chi connectivity index (χ3v) is 4.69. The van der Waals surface area contributed by atoms with Gasteiger partial charge in [0.1, 0.15) is 17.1 Å². The van der Waals surface area contributed by atoms with Crippen molar-refractivity contribution in [3.05, 3.63) is 23.8 Å². The van der Waals surface area contributed by atoms with E-state index >= 15 is 0 Å². The minimum Gasteiger partial charge on any atom is -0.497 e. The summed E-state index contributed by atoms with van der Waals surface area (Å²) in [5.74, 6) is 0.997. The van der Waals surface area contributed by atoms with Crippen LogP contribution in [0.4, 0.5) is 0 Å². The molecule has 6 nitrogen and oxygen atoms in total. The Kier molecular flexibility index (Phi) is 6.07. The van der Waals surface area contributed by atoms with Gasteiger partial charge < -0.3 is 24.2 Å². The van der Waals surface area contributed by atoms with Gasteiger partial charge in [-0.25, -0.2) is 0 Å². The number of aliphatic hydroxyl groups is 1. The van der Waals surface area contributed by atoms with Crippen LogP contribution in [0.25, 0.3) is 0 Å². The summed E-state index contributed by atoms with van der Waals surface area (Å²) in [6.45, 7) is 3.10. The molecule has 1 atom stereocenters. The predicted molar refractivity (Wildman–Crippen MR) is 90.2 cm³/mol. The fourth-order valence-electron chi connectivity index (χ4n) is 3.15. The van der Waals surface area contributed by atoms with E-state index in [1.165, 1.54) is 4.90 Å². The van der Waals surface area contributed by atoms with Crippen LogP contribution < -0.4 is 9.47 Å². The minimum atomic E-state index is -1.40. The number of carbonyl (C=O) groups excluding carboxylic acids is 1. The quantitative estimate of drug-likeness (QED) is 0.858. The van der Waals surface area contributed by atoms with Crippen molar-refractivity contribution in [2.24, 2.45) is 5.92 Å². The highest BCUT2D eigenvalue weighted by Gasteiger charge is 2.41. The fraction of sp³-hybridized carbons (Fsp3) is 0.611. The van der Waals surface area contributed by atoms with Crippen LogP contribution in [-0.2, 0) is 16.1 Å². The maximum absolute atomic E-state index is 12.8. The van der Waals surface area contributed by atoms with Gasteiger partial charge in [0.25, 0.3) is 5.91 Å². The molecule has 1 aliphatic rings. The number of benzene rings is 1. The number of likely N-dealkylation sites (N-methyl/N-ethyl adjacent to an activating group) is 1. The zero-order valence-corrected chi connectivity index (χ0v) is 14.9. The van der Waals surface area contributed by atoms with Gasteiger partial charge in [-0.3, -0.25) is 4.79 Å². The number of hydrogen-bond donors (Lipinski definition) is 1. The molecule has 1 unspecified atom stereocenters. The highest BCUT2D eigenvalue weighted by Crippen LogP contribution is 2.30. The number of amides is 1. The Bertz CT molecular complexity index is 567. The summed E-state index contributed by atoms with van der Waals surface area (Å²) in [5, 5.41) is 10.8. The van der Waals surface area contributed by atoms with E-state index in [0.29, 0.717) is 44.1 Å². The molecule has 6 heteroatoms. The van der Waals surface area contributed by atoms with Crippen molar-refractivity contribution in [2.75, 3.05) is 34.5 Å². The first-order chi connectivity index (χ1) is 11.4. The van der Waals surface area contributed by atoms with Crippen LogP contribution in [-0.4, -0.2) is 56.0 Å². The lowest BCUT2D eigenvalue weighted by atomic mass is 9.82. The predicted octanol–water partition coefficient (Wildman–Crippen LogP) is 1.84. The molecule has 0 aromatic heterocycles. The summed E-state index contributed by atoms with van der Waals surface area (Å²) in [7, 11) is 4.87. The van der Waals surface area contributed by atoms with E-state index in [4.69, 9.17) is 14.2 Å². The molecule has 0 saturated carbocycles. The average Bonchev–Trinajstić information content (AvgIpc) is 2.61. The number of rotatable bonds is 6. The van der Waals surface area contributed by atoms with E-state index in [9.17, 15) is 9.90 Å². The Labute approximate surface area is 143 Å². The van der Waals surface area contributed by atoms with Gasteiger partial charge in [-0.2, -0.15) is 0 Å². The first-order valence-electron chi connectivity index (χ1n) is 8.16. The van der Waals surface area contributed by atoms with Gasteiger partial charge in [0, 0.05) is 38.3 Å². The molecule has 0 spiro atoms. The van der Waals surface area contributed by atoms with Crippen LogP contribution in [0.3, 0.4) is 0 Å². The summed E-state index contributed by atoms with van der Waals surface area (Å²) < 4.78 is 15.9. The first kappa shape index (κ1) is 18.5. The van der Waals surface area contributed by atoms with Crippen LogP contribution in [0, 0.1) is 5.92 Å². The second-order valence-electron chi connectivity index (χ2n) is 6.37. The van der Waals surface area contributed by atoms with Crippen molar-refractivity contribution in [2.45, 2.75) is 31.9 Å². The van der Waals surface area contributed by atoms with Crippen molar-refractivity contribution in [3.63, 3.8) is 0 Å². The normalized spacial score (nSPS) is 17.9. The topological polar surface area (TPSA) is 68.2 Å². The Morgan fingerprint density at radius 2 is 2.00 bits per heavy atom. The summed E-state index contributed by atoms with van der Waals surface area (Å²) in [5.41, 5.74) is -0.569. The van der Waals surface area contributed by atoms with Gasteiger partial charge in [-0.05, 0) is 38.0 Å². The SMILES string of the molecule is COc1ccc(OC)c(CN(C)C(=O)C(C)(O)C2CCOCC2)c1. The monoisotopic (exact) mass is 337 g/mol. The lowest BCUT2D eigenvalue weighted by Crippen LogP contribution is -2.51. The first-order valence-corrected chi connectivity index (χ1v) is 8.16. The van der Waals surface area contributed by atoms with Gasteiger partial charge in [0.2, 0.25) is 0 Å². The molecule has 1 aromatic carbocycles. The van der Waals surface area contributed by atoms with Crippen LogP contribution >= 0.6 is 0 Å². The van der Waals surface area contributed by atoms with Gasteiger partial charge in [-0.1, -0.05) is 0 Å². The number of nitrogens with zero attached hydrogens (tertiary/aromatic N) is 1. The number of carbonyl (C=O) groups is 1. The second-order valence-corrected chi connectivity index (χ2v) is 6.37. The van der Waals surface area contributed by atoms with Crippen molar-refractivity contribution in [3.8, 4) is 11.5 Å². The maximum Gasteiger partial charge on any atom is 0.254 e. The highest BCUT2D eigenvalue weighted by molar-refractivity contribution is 5.84. The van der Waals surface area contributed by atoms with E-state index < -0.39 is 5.60 Å². The molecular formula is C18H27NO5. The van der Waals surface area contributed by atoms with Crippen LogP contribution in [0.15, 0.2) is 18.2 Å². The average molecular weight is 337 g/mol. The van der Waals surface area contributed by atoms with E-state index in [1.807, 2.05) is 18.2 Å². The molecule has 1 amide bonds. The molecule has 0 radical (unpaired) electrons. The maximum atomic E-state index is 12.8. The molecule has 1 fully saturated rings. The molecule has 1 heterocycles. The molecule has 1 aliphatic heterocycles. The molecule has 1 aromatic rings. The number of hydrogen-bond acceptors (Lipinski definition) is 5. The molecule has 2 rings (SSSR count). The Balaban J connectivity index is 2.13. The van der Waals surface area contributed by atoms with Gasteiger partial charge in [-0.15, -0.1) is 0 Å². The molecule has 134 valence electrons. The van der Waals surface area contributed by atoms with Gasteiger partial charge >= 0.3 is 0 Å². The second kappa shape index (κ2) is 7.85. The molecule has 24 heavy (non-hydrogen) atoms. The lowest BCUT2D eigenvalue weighted by molar-refractivity contribution is -0.158. The Hall–Kier alpha value is -1.79. The molecule has 0 bridgehead atoms. The summed E-state index contributed by atoms with van der Waals surface area (Å²) in [6.07, 6.45) is 1.38. The molecule has 1 N–H and O–H groups in total. The van der Waals surface area contributed by atoms with Crippen LogP contribution in [0.5, 0.6) is 11.5 Å². The van der Waals surface area contributed by atoms with E-state index in [2.05, 4.69) is 0 Å². The van der Waals surface area contributed by atoms with Gasteiger partial charge in [0.15, 0.2) is 0 Å². The van der Waals surface area contributed by atoms with Crippen molar-refractivity contribution < 1.29 is 24.1 Å². The summed E-state index contributed by atoms with van der Waals surface area (Å²) >= 11 is 0. The zero-order chi connectivity index (χ0) is 17.7. The van der Waals surface area contributed by atoms with Gasteiger partial charge in [0.05, 0.1) is 14.2 Å². The fourth-order valence-corrected chi connectivity index (χ4v) is 3.15. The Morgan fingerprint density at radius 3 is 2.58 bits per heavy atom. The van der Waals surface area contributed by atoms with Crippen LogP contribution in [0.2, 0.25) is 0 Å². The van der Waals surface area contributed by atoms with Crippen molar-refractivity contribution in [1.29, 1.82) is 0 Å². The molecular weight excluding hydrogens is 310 g/mol. The standard InChI is InChI=1S/C18H27NO5/c1-18(21,14-7-9-24-10-8-14)17(20)19(2)12-13-11-15(22-3)5-6-16(13)23-4/h5-6,11,14,21H,7-10,12H2,1-4H3. The van der Waals surface area contributed by atoms with E-state index in [-0.39, 0.29) is 11.8 Å². The largest absolute Gasteiger partial charge is 0.497 e. The third kappa shape index (κ3) is 3.99. The van der Waals surface area contributed by atoms with E-state index in [0.717, 1.165) is 5.56 Å². The number of ether oxygens (including phenoxy) is 3. The van der Waals surface area contributed by atoms with Crippen molar-refractivity contribution >= 4 is 5.91 Å². The smallest absolute Gasteiger partial charge is 0.254 e. The number of methoxy groups -OCH3 is 2. The lowest BCUT2D eigenvalue weighted by Gasteiger charge is -2.37. The third-order valence-electron chi connectivity index (χ3n) is 4.69. The Morgan fingerprint density at radius 1 is 1.33 bits per heavy atom.